The smallest absolute Gasteiger partial charge is 0.00370 e. The molecular formula is C16H30S2. The van der Waals surface area contributed by atoms with Crippen LogP contribution in [0.15, 0.2) is 24.3 Å². The van der Waals surface area contributed by atoms with Gasteiger partial charge in [-0.2, -0.15) is 0 Å². The van der Waals surface area contributed by atoms with Gasteiger partial charge in [-0.25, -0.2) is 0 Å². The van der Waals surface area contributed by atoms with Gasteiger partial charge in [-0.1, -0.05) is 59.7 Å². The molecule has 0 aliphatic heterocycles. The summed E-state index contributed by atoms with van der Waals surface area (Å²) in [5, 5.41) is 0. The first-order valence-corrected chi connectivity index (χ1v) is 9.95. The molecule has 0 aromatic carbocycles. The first kappa shape index (κ1) is 18.2. The summed E-state index contributed by atoms with van der Waals surface area (Å²) < 4.78 is 0. The molecule has 0 nitrogen and oxygen atoms in total. The molecule has 0 heterocycles. The van der Waals surface area contributed by atoms with Crippen LogP contribution in [-0.2, 0) is 0 Å². The van der Waals surface area contributed by atoms with Gasteiger partial charge in [0.1, 0.15) is 0 Å². The molecule has 106 valence electrons. The van der Waals surface area contributed by atoms with Crippen molar-refractivity contribution in [3.05, 3.63) is 24.3 Å². The molecule has 0 rings (SSSR count). The van der Waals surface area contributed by atoms with Gasteiger partial charge in [-0.15, -0.1) is 0 Å². The van der Waals surface area contributed by atoms with Gasteiger partial charge in [-0.05, 0) is 51.4 Å². The van der Waals surface area contributed by atoms with Gasteiger partial charge in [0.05, 0.1) is 0 Å². The number of allylic oxidation sites excluding steroid dienone is 4. The Morgan fingerprint density at radius 3 is 1.44 bits per heavy atom. The molecule has 0 aliphatic rings. The van der Waals surface area contributed by atoms with Gasteiger partial charge < -0.3 is 0 Å². The molecule has 0 saturated carbocycles. The highest BCUT2D eigenvalue weighted by molar-refractivity contribution is 8.76. The van der Waals surface area contributed by atoms with E-state index in [1.807, 2.05) is 0 Å². The van der Waals surface area contributed by atoms with Gasteiger partial charge in [0, 0.05) is 11.5 Å². The van der Waals surface area contributed by atoms with Crippen LogP contribution < -0.4 is 0 Å². The van der Waals surface area contributed by atoms with Crippen molar-refractivity contribution < 1.29 is 0 Å². The van der Waals surface area contributed by atoms with Crippen LogP contribution in [0.4, 0.5) is 0 Å². The van der Waals surface area contributed by atoms with E-state index in [0.717, 1.165) is 0 Å². The third-order valence-corrected chi connectivity index (χ3v) is 5.16. The molecule has 0 saturated heterocycles. The van der Waals surface area contributed by atoms with Crippen molar-refractivity contribution in [3.63, 3.8) is 0 Å². The molecule has 0 fully saturated rings. The number of hydrogen-bond acceptors (Lipinski definition) is 2. The maximum absolute atomic E-state index is 2.32. The zero-order valence-corrected chi connectivity index (χ0v) is 13.8. The van der Waals surface area contributed by atoms with Crippen molar-refractivity contribution in [1.29, 1.82) is 0 Å². The van der Waals surface area contributed by atoms with E-state index in [1.165, 1.54) is 62.9 Å². The fourth-order valence-corrected chi connectivity index (χ4v) is 3.83. The molecule has 0 aliphatic carbocycles. The highest BCUT2D eigenvalue weighted by Gasteiger charge is 1.91. The van der Waals surface area contributed by atoms with E-state index in [2.05, 4.69) is 59.7 Å². The third kappa shape index (κ3) is 16.2. The standard InChI is InChI=1S/C16H30S2/c1-3-5-7-9-11-13-15-17-18-16-14-12-10-8-6-4-2/h5-8H,3-4,9-16H2,1-2H3/b7-5+,8-6+. The molecule has 0 amide bonds. The lowest BCUT2D eigenvalue weighted by Gasteiger charge is -2.00. The van der Waals surface area contributed by atoms with E-state index in [-0.39, 0.29) is 0 Å². The number of hydrogen-bond donors (Lipinski definition) is 0. The summed E-state index contributed by atoms with van der Waals surface area (Å²) in [6.45, 7) is 4.39. The largest absolute Gasteiger partial charge is 0.0942 e. The van der Waals surface area contributed by atoms with Crippen molar-refractivity contribution in [2.24, 2.45) is 0 Å². The Bertz CT molecular complexity index is 175. The fourth-order valence-electron chi connectivity index (χ4n) is 1.53. The van der Waals surface area contributed by atoms with Gasteiger partial charge in [0.25, 0.3) is 0 Å². The summed E-state index contributed by atoms with van der Waals surface area (Å²) in [6, 6.07) is 0. The second-order valence-corrected chi connectivity index (χ2v) is 7.10. The second-order valence-electron chi connectivity index (χ2n) is 4.39. The normalized spacial score (nSPS) is 11.9. The van der Waals surface area contributed by atoms with E-state index in [9.17, 15) is 0 Å². The summed E-state index contributed by atoms with van der Waals surface area (Å²) in [5.74, 6) is 2.64. The number of rotatable bonds is 13. The van der Waals surface area contributed by atoms with Gasteiger partial charge in [-0.3, -0.25) is 0 Å². The highest BCUT2D eigenvalue weighted by Crippen LogP contribution is 2.24. The van der Waals surface area contributed by atoms with Crippen LogP contribution in [0, 0.1) is 0 Å². The topological polar surface area (TPSA) is 0 Å². The summed E-state index contributed by atoms with van der Waals surface area (Å²) in [4.78, 5) is 0. The molecule has 0 aromatic rings. The van der Waals surface area contributed by atoms with Crippen molar-refractivity contribution in [3.8, 4) is 0 Å². The summed E-state index contributed by atoms with van der Waals surface area (Å²) >= 11 is 0. The van der Waals surface area contributed by atoms with Crippen LogP contribution in [0.25, 0.3) is 0 Å². The van der Waals surface area contributed by atoms with Crippen LogP contribution in [0.2, 0.25) is 0 Å². The van der Waals surface area contributed by atoms with Gasteiger partial charge >= 0.3 is 0 Å². The minimum atomic E-state index is 1.18. The minimum Gasteiger partial charge on any atom is -0.0942 e. The summed E-state index contributed by atoms with van der Waals surface area (Å²) in [5.41, 5.74) is 0. The monoisotopic (exact) mass is 286 g/mol. The molecule has 0 bridgehead atoms. The van der Waals surface area contributed by atoms with E-state index in [1.54, 1.807) is 0 Å². The summed E-state index contributed by atoms with van der Waals surface area (Å²) in [7, 11) is 4.12. The Balaban J connectivity index is 2.98. The van der Waals surface area contributed by atoms with E-state index >= 15 is 0 Å². The van der Waals surface area contributed by atoms with Crippen molar-refractivity contribution in [2.45, 2.75) is 65.2 Å². The maximum Gasteiger partial charge on any atom is 0.00370 e. The minimum absolute atomic E-state index is 1.18. The molecule has 0 spiro atoms. The Labute approximate surface area is 122 Å². The molecule has 0 atom stereocenters. The molecule has 0 unspecified atom stereocenters. The third-order valence-electron chi connectivity index (χ3n) is 2.58. The van der Waals surface area contributed by atoms with Crippen molar-refractivity contribution in [2.75, 3.05) is 11.5 Å². The average molecular weight is 287 g/mol. The fraction of sp³-hybridized carbons (Fsp3) is 0.750. The van der Waals surface area contributed by atoms with Gasteiger partial charge in [0.2, 0.25) is 0 Å². The first-order valence-electron chi connectivity index (χ1n) is 7.46. The molecule has 0 aromatic heterocycles. The molecular weight excluding hydrogens is 256 g/mol. The zero-order valence-electron chi connectivity index (χ0n) is 12.2. The lowest BCUT2D eigenvalue weighted by molar-refractivity contribution is 0.820. The Hall–Kier alpha value is 0.180. The highest BCUT2D eigenvalue weighted by atomic mass is 33.1. The second kappa shape index (κ2) is 17.2. The van der Waals surface area contributed by atoms with E-state index in [4.69, 9.17) is 0 Å². The lowest BCUT2D eigenvalue weighted by atomic mass is 10.2. The van der Waals surface area contributed by atoms with Crippen molar-refractivity contribution >= 4 is 21.6 Å². The lowest BCUT2D eigenvalue weighted by Crippen LogP contribution is -1.80. The Morgan fingerprint density at radius 1 is 0.611 bits per heavy atom. The molecule has 0 N–H and O–H groups in total. The molecule has 0 radical (unpaired) electrons. The molecule has 2 heteroatoms. The Kier molecular flexibility index (Phi) is 17.4. The summed E-state index contributed by atoms with van der Waals surface area (Å²) in [6.07, 6.45) is 19.5. The average Bonchev–Trinajstić information content (AvgIpc) is 2.39. The predicted octanol–water partition coefficient (Wildman–Crippen LogP) is 6.64. The van der Waals surface area contributed by atoms with E-state index in [0.29, 0.717) is 0 Å². The van der Waals surface area contributed by atoms with Crippen molar-refractivity contribution in [1.82, 2.24) is 0 Å². The van der Waals surface area contributed by atoms with E-state index < -0.39 is 0 Å². The maximum atomic E-state index is 2.32. The van der Waals surface area contributed by atoms with Crippen LogP contribution in [-0.4, -0.2) is 11.5 Å². The van der Waals surface area contributed by atoms with Crippen LogP contribution in [0.1, 0.15) is 65.2 Å². The Morgan fingerprint density at radius 2 is 1.06 bits per heavy atom. The predicted molar refractivity (Wildman–Crippen MR) is 91.5 cm³/mol. The van der Waals surface area contributed by atoms with Crippen LogP contribution >= 0.6 is 21.6 Å². The van der Waals surface area contributed by atoms with Crippen LogP contribution in [0.3, 0.4) is 0 Å². The van der Waals surface area contributed by atoms with Crippen LogP contribution in [0.5, 0.6) is 0 Å². The zero-order chi connectivity index (χ0) is 13.3. The van der Waals surface area contributed by atoms with Gasteiger partial charge in [0.15, 0.2) is 0 Å². The molecule has 18 heavy (non-hydrogen) atoms. The first-order chi connectivity index (χ1) is 8.91. The SMILES string of the molecule is CC/C=C/CCCCSSCCCC/C=C/CC. The number of unbranched alkanes of at least 4 members (excludes halogenated alkanes) is 4. The quantitative estimate of drug-likeness (QED) is 0.211.